The first-order valence-electron chi connectivity index (χ1n) is 4.38. The first-order chi connectivity index (χ1) is 6.66. The molecule has 14 heavy (non-hydrogen) atoms. The third-order valence-corrected chi connectivity index (χ3v) is 2.55. The fourth-order valence-electron chi connectivity index (χ4n) is 1.08. The number of rotatable bonds is 4. The van der Waals surface area contributed by atoms with Crippen LogP contribution in [0.4, 0.5) is 0 Å². The zero-order valence-corrected chi connectivity index (χ0v) is 10.3. The Bertz CT molecular complexity index is 341. The number of thiocarbonyl (C=S) groups is 1. The summed E-state index contributed by atoms with van der Waals surface area (Å²) in [6.07, 6.45) is 0.962. The summed E-state index contributed by atoms with van der Waals surface area (Å²) in [7, 11) is 0. The second-order valence-electron chi connectivity index (χ2n) is 2.83. The summed E-state index contributed by atoms with van der Waals surface area (Å²) in [5, 5.41) is 0. The highest BCUT2D eigenvalue weighted by molar-refractivity contribution is 9.10. The Morgan fingerprint density at radius 2 is 2.29 bits per heavy atom. The van der Waals surface area contributed by atoms with E-state index in [1.165, 1.54) is 0 Å². The molecule has 0 radical (unpaired) electrons. The van der Waals surface area contributed by atoms with Crippen LogP contribution in [0, 0.1) is 0 Å². The molecule has 0 aromatic heterocycles. The van der Waals surface area contributed by atoms with Crippen molar-refractivity contribution in [1.82, 2.24) is 0 Å². The minimum Gasteiger partial charge on any atom is -0.493 e. The number of benzene rings is 1. The predicted octanol–water partition coefficient (Wildman–Crippen LogP) is 2.87. The number of halogens is 1. The summed E-state index contributed by atoms with van der Waals surface area (Å²) < 4.78 is 6.40. The highest BCUT2D eigenvalue weighted by atomic mass is 79.9. The Balaban J connectivity index is 3.02. The molecule has 76 valence electrons. The van der Waals surface area contributed by atoms with Crippen LogP contribution in [0.3, 0.4) is 0 Å². The van der Waals surface area contributed by atoms with Crippen molar-refractivity contribution in [3.05, 3.63) is 28.2 Å². The smallest absolute Gasteiger partial charge is 0.130 e. The molecule has 0 saturated heterocycles. The number of nitrogens with two attached hydrogens (primary N) is 1. The lowest BCUT2D eigenvalue weighted by Gasteiger charge is -2.10. The fraction of sp³-hybridized carbons (Fsp3) is 0.300. The van der Waals surface area contributed by atoms with Crippen LogP contribution in [0.2, 0.25) is 0 Å². The molecular formula is C10H12BrNOS. The van der Waals surface area contributed by atoms with Crippen LogP contribution in [0.15, 0.2) is 22.7 Å². The van der Waals surface area contributed by atoms with E-state index < -0.39 is 0 Å². The second kappa shape index (κ2) is 5.32. The van der Waals surface area contributed by atoms with E-state index in [1.807, 2.05) is 18.2 Å². The molecular weight excluding hydrogens is 262 g/mol. The van der Waals surface area contributed by atoms with E-state index in [1.54, 1.807) is 0 Å². The average molecular weight is 274 g/mol. The van der Waals surface area contributed by atoms with Crippen LogP contribution < -0.4 is 10.5 Å². The summed E-state index contributed by atoms with van der Waals surface area (Å²) in [5.41, 5.74) is 6.38. The molecule has 0 spiro atoms. The Morgan fingerprint density at radius 3 is 2.86 bits per heavy atom. The average Bonchev–Trinajstić information content (AvgIpc) is 2.14. The third-order valence-electron chi connectivity index (χ3n) is 1.68. The standard InChI is InChI=1S/C10H12BrNOS/c1-2-6-13-8-5-3-4-7(11)9(8)10(12)14/h3-5H,2,6H2,1H3,(H2,12,14). The van der Waals surface area contributed by atoms with Crippen LogP contribution in [0.1, 0.15) is 18.9 Å². The van der Waals surface area contributed by atoms with E-state index in [2.05, 4.69) is 22.9 Å². The summed E-state index contributed by atoms with van der Waals surface area (Å²) in [6.45, 7) is 2.73. The van der Waals surface area contributed by atoms with Gasteiger partial charge in [0.2, 0.25) is 0 Å². The van der Waals surface area contributed by atoms with Gasteiger partial charge < -0.3 is 10.5 Å². The topological polar surface area (TPSA) is 35.2 Å². The molecule has 1 aromatic carbocycles. The number of hydrogen-bond donors (Lipinski definition) is 1. The molecule has 2 N–H and O–H groups in total. The Morgan fingerprint density at radius 1 is 1.57 bits per heavy atom. The molecule has 0 atom stereocenters. The van der Waals surface area contributed by atoms with Crippen molar-refractivity contribution in [3.8, 4) is 5.75 Å². The van der Waals surface area contributed by atoms with Gasteiger partial charge in [0.15, 0.2) is 0 Å². The predicted molar refractivity (Wildman–Crippen MR) is 65.8 cm³/mol. The van der Waals surface area contributed by atoms with E-state index in [0.29, 0.717) is 11.6 Å². The highest BCUT2D eigenvalue weighted by Crippen LogP contribution is 2.26. The van der Waals surface area contributed by atoms with Gasteiger partial charge in [-0.1, -0.05) is 25.2 Å². The molecule has 0 aliphatic heterocycles. The van der Waals surface area contributed by atoms with Crippen LogP contribution in [-0.2, 0) is 0 Å². The molecule has 0 saturated carbocycles. The normalized spacial score (nSPS) is 9.86. The Hall–Kier alpha value is -0.610. The SMILES string of the molecule is CCCOc1cccc(Br)c1C(N)=S. The number of hydrogen-bond acceptors (Lipinski definition) is 2. The number of ether oxygens (including phenoxy) is 1. The maximum atomic E-state index is 5.61. The largest absolute Gasteiger partial charge is 0.493 e. The maximum Gasteiger partial charge on any atom is 0.130 e. The molecule has 1 aromatic rings. The fourth-order valence-corrected chi connectivity index (χ4v) is 1.98. The van der Waals surface area contributed by atoms with E-state index in [-0.39, 0.29) is 0 Å². The van der Waals surface area contributed by atoms with Crippen molar-refractivity contribution in [2.24, 2.45) is 5.73 Å². The van der Waals surface area contributed by atoms with E-state index in [4.69, 9.17) is 22.7 Å². The van der Waals surface area contributed by atoms with Gasteiger partial charge in [-0.25, -0.2) is 0 Å². The van der Waals surface area contributed by atoms with Gasteiger partial charge in [0.05, 0.1) is 12.2 Å². The summed E-state index contributed by atoms with van der Waals surface area (Å²) >= 11 is 8.35. The first kappa shape index (κ1) is 11.5. The summed E-state index contributed by atoms with van der Waals surface area (Å²) in [4.78, 5) is 0.351. The van der Waals surface area contributed by atoms with Crippen molar-refractivity contribution in [2.75, 3.05) is 6.61 Å². The molecule has 4 heteroatoms. The van der Waals surface area contributed by atoms with Gasteiger partial charge in [0.25, 0.3) is 0 Å². The van der Waals surface area contributed by atoms with Crippen molar-refractivity contribution >= 4 is 33.1 Å². The summed E-state index contributed by atoms with van der Waals surface area (Å²) in [6, 6.07) is 5.67. The first-order valence-corrected chi connectivity index (χ1v) is 5.58. The second-order valence-corrected chi connectivity index (χ2v) is 4.12. The van der Waals surface area contributed by atoms with Gasteiger partial charge >= 0.3 is 0 Å². The molecule has 0 fully saturated rings. The lowest BCUT2D eigenvalue weighted by atomic mass is 10.2. The van der Waals surface area contributed by atoms with Crippen LogP contribution in [0.5, 0.6) is 5.75 Å². The Kier molecular flexibility index (Phi) is 4.35. The van der Waals surface area contributed by atoms with Gasteiger partial charge in [-0.2, -0.15) is 0 Å². The van der Waals surface area contributed by atoms with Crippen LogP contribution >= 0.6 is 28.1 Å². The third kappa shape index (κ3) is 2.69. The van der Waals surface area contributed by atoms with Gasteiger partial charge in [-0.05, 0) is 34.5 Å². The van der Waals surface area contributed by atoms with Crippen molar-refractivity contribution < 1.29 is 4.74 Å². The Labute approximate surface area is 97.6 Å². The molecule has 0 unspecified atom stereocenters. The minimum atomic E-state index is 0.351. The lowest BCUT2D eigenvalue weighted by molar-refractivity contribution is 0.316. The minimum absolute atomic E-state index is 0.351. The van der Waals surface area contributed by atoms with Gasteiger partial charge in [-0.15, -0.1) is 0 Å². The van der Waals surface area contributed by atoms with E-state index in [9.17, 15) is 0 Å². The zero-order chi connectivity index (χ0) is 10.6. The molecule has 0 amide bonds. The monoisotopic (exact) mass is 273 g/mol. The van der Waals surface area contributed by atoms with Crippen LogP contribution in [0.25, 0.3) is 0 Å². The molecule has 1 rings (SSSR count). The van der Waals surface area contributed by atoms with Gasteiger partial charge in [0, 0.05) is 4.47 Å². The summed E-state index contributed by atoms with van der Waals surface area (Å²) in [5.74, 6) is 0.744. The molecule has 0 bridgehead atoms. The molecule has 0 aliphatic rings. The highest BCUT2D eigenvalue weighted by Gasteiger charge is 2.09. The molecule has 2 nitrogen and oxygen atoms in total. The van der Waals surface area contributed by atoms with E-state index >= 15 is 0 Å². The van der Waals surface area contributed by atoms with Gasteiger partial charge in [-0.3, -0.25) is 0 Å². The van der Waals surface area contributed by atoms with Crippen molar-refractivity contribution in [1.29, 1.82) is 0 Å². The van der Waals surface area contributed by atoms with Crippen molar-refractivity contribution in [3.63, 3.8) is 0 Å². The van der Waals surface area contributed by atoms with Crippen LogP contribution in [-0.4, -0.2) is 11.6 Å². The van der Waals surface area contributed by atoms with Crippen molar-refractivity contribution in [2.45, 2.75) is 13.3 Å². The van der Waals surface area contributed by atoms with E-state index in [0.717, 1.165) is 22.2 Å². The quantitative estimate of drug-likeness (QED) is 0.857. The zero-order valence-electron chi connectivity index (χ0n) is 7.92. The maximum absolute atomic E-state index is 5.61. The lowest BCUT2D eigenvalue weighted by Crippen LogP contribution is -2.12. The molecule has 0 heterocycles. The van der Waals surface area contributed by atoms with Gasteiger partial charge in [0.1, 0.15) is 10.7 Å². The molecule has 0 aliphatic carbocycles.